The molecule has 3 rings (SSSR count). The van der Waals surface area contributed by atoms with Gasteiger partial charge in [0.2, 0.25) is 0 Å². The molecule has 0 spiro atoms. The second-order valence-corrected chi connectivity index (χ2v) is 4.54. The molecular formula is C10H16N4. The molecule has 0 radical (unpaired) electrons. The number of aryl methyl sites for hydroxylation is 1. The molecule has 1 saturated heterocycles. The molecule has 14 heavy (non-hydrogen) atoms. The molecule has 2 atom stereocenters. The van der Waals surface area contributed by atoms with Crippen molar-refractivity contribution in [3.63, 3.8) is 0 Å². The molecule has 1 aromatic rings. The van der Waals surface area contributed by atoms with Gasteiger partial charge >= 0.3 is 0 Å². The molecular weight excluding hydrogens is 176 g/mol. The van der Waals surface area contributed by atoms with E-state index in [1.54, 1.807) is 0 Å². The van der Waals surface area contributed by atoms with Gasteiger partial charge in [0.05, 0.1) is 0 Å². The molecule has 1 saturated carbocycles. The summed E-state index contributed by atoms with van der Waals surface area (Å²) in [6.45, 7) is 3.10. The van der Waals surface area contributed by atoms with E-state index >= 15 is 0 Å². The first kappa shape index (κ1) is 8.15. The van der Waals surface area contributed by atoms with E-state index in [0.717, 1.165) is 29.9 Å². The van der Waals surface area contributed by atoms with Crippen LogP contribution >= 0.6 is 0 Å². The van der Waals surface area contributed by atoms with E-state index in [4.69, 9.17) is 5.73 Å². The maximum atomic E-state index is 5.89. The van der Waals surface area contributed by atoms with E-state index < -0.39 is 0 Å². The highest BCUT2D eigenvalue weighted by Gasteiger charge is 2.39. The van der Waals surface area contributed by atoms with E-state index in [9.17, 15) is 0 Å². The lowest BCUT2D eigenvalue weighted by atomic mass is 10.1. The molecule has 2 fully saturated rings. The third-order valence-electron chi connectivity index (χ3n) is 3.51. The van der Waals surface area contributed by atoms with E-state index in [1.807, 2.05) is 6.92 Å². The molecule has 2 unspecified atom stereocenters. The Morgan fingerprint density at radius 2 is 2.36 bits per heavy atom. The van der Waals surface area contributed by atoms with Crippen LogP contribution in [0.4, 0.5) is 11.6 Å². The van der Waals surface area contributed by atoms with Crippen LogP contribution in [-0.2, 0) is 0 Å². The summed E-state index contributed by atoms with van der Waals surface area (Å²) in [5.41, 5.74) is 5.89. The maximum absolute atomic E-state index is 5.89. The number of hydrogen-bond donors (Lipinski definition) is 2. The number of piperidine rings is 1. The fourth-order valence-electron chi connectivity index (χ4n) is 2.90. The van der Waals surface area contributed by atoms with Gasteiger partial charge in [-0.3, -0.25) is 0 Å². The molecule has 0 amide bonds. The average Bonchev–Trinajstić information content (AvgIpc) is 2.79. The number of nitrogens with zero attached hydrogens (tertiary/aromatic N) is 2. The number of fused-ring (bicyclic) bond motifs is 2. The van der Waals surface area contributed by atoms with Gasteiger partial charge in [-0.2, -0.15) is 0 Å². The SMILES string of the molecule is Cc1nc(N2CC3CCC2C3)c(N)[nH]1. The van der Waals surface area contributed by atoms with Crippen LogP contribution in [0.15, 0.2) is 0 Å². The molecule has 1 aliphatic carbocycles. The van der Waals surface area contributed by atoms with Gasteiger partial charge < -0.3 is 15.6 Å². The Hall–Kier alpha value is -1.19. The Bertz CT molecular complexity index is 357. The smallest absolute Gasteiger partial charge is 0.171 e. The average molecular weight is 192 g/mol. The second-order valence-electron chi connectivity index (χ2n) is 4.54. The van der Waals surface area contributed by atoms with Crippen LogP contribution < -0.4 is 10.6 Å². The van der Waals surface area contributed by atoms with Crippen molar-refractivity contribution in [2.24, 2.45) is 5.92 Å². The van der Waals surface area contributed by atoms with Crippen LogP contribution in [0.25, 0.3) is 0 Å². The van der Waals surface area contributed by atoms with Crippen LogP contribution in [-0.4, -0.2) is 22.6 Å². The monoisotopic (exact) mass is 192 g/mol. The van der Waals surface area contributed by atoms with Gasteiger partial charge in [-0.05, 0) is 32.1 Å². The highest BCUT2D eigenvalue weighted by atomic mass is 15.3. The predicted octanol–water partition coefficient (Wildman–Crippen LogP) is 1.29. The lowest BCUT2D eigenvalue weighted by Gasteiger charge is -2.27. The standard InChI is InChI=1S/C10H16N4/c1-6-12-9(11)10(13-6)14-5-7-2-3-8(14)4-7/h7-8H,2-5,11H2,1H3,(H,12,13). The molecule has 76 valence electrons. The Kier molecular flexibility index (Phi) is 1.54. The third-order valence-corrected chi connectivity index (χ3v) is 3.51. The molecule has 2 heterocycles. The summed E-state index contributed by atoms with van der Waals surface area (Å²) >= 11 is 0. The van der Waals surface area contributed by atoms with Crippen LogP contribution in [0.3, 0.4) is 0 Å². The van der Waals surface area contributed by atoms with E-state index in [0.29, 0.717) is 6.04 Å². The Morgan fingerprint density at radius 3 is 2.86 bits per heavy atom. The summed E-state index contributed by atoms with van der Waals surface area (Å²) in [7, 11) is 0. The Morgan fingerprint density at radius 1 is 1.50 bits per heavy atom. The Labute approximate surface area is 83.5 Å². The largest absolute Gasteiger partial charge is 0.382 e. The molecule has 4 heteroatoms. The van der Waals surface area contributed by atoms with Crippen molar-refractivity contribution in [2.75, 3.05) is 17.2 Å². The van der Waals surface area contributed by atoms with E-state index in [1.165, 1.54) is 19.3 Å². The predicted molar refractivity (Wildman–Crippen MR) is 56.2 cm³/mol. The highest BCUT2D eigenvalue weighted by Crippen LogP contribution is 2.40. The molecule has 1 aliphatic heterocycles. The van der Waals surface area contributed by atoms with Crippen molar-refractivity contribution >= 4 is 11.6 Å². The van der Waals surface area contributed by atoms with Gasteiger partial charge in [-0.25, -0.2) is 4.98 Å². The zero-order valence-electron chi connectivity index (χ0n) is 8.45. The van der Waals surface area contributed by atoms with Crippen LogP contribution in [0.5, 0.6) is 0 Å². The van der Waals surface area contributed by atoms with Crippen LogP contribution in [0.2, 0.25) is 0 Å². The second kappa shape index (κ2) is 2.65. The fourth-order valence-corrected chi connectivity index (χ4v) is 2.90. The number of hydrogen-bond acceptors (Lipinski definition) is 3. The minimum Gasteiger partial charge on any atom is -0.382 e. The molecule has 2 bridgehead atoms. The summed E-state index contributed by atoms with van der Waals surface area (Å²) in [4.78, 5) is 9.91. The normalized spacial score (nSPS) is 30.2. The number of anilines is 2. The van der Waals surface area contributed by atoms with Crippen LogP contribution in [0.1, 0.15) is 25.1 Å². The molecule has 3 N–H and O–H groups in total. The topological polar surface area (TPSA) is 57.9 Å². The Balaban J connectivity index is 1.92. The number of rotatable bonds is 1. The summed E-state index contributed by atoms with van der Waals surface area (Å²) in [5.74, 6) is 3.52. The fraction of sp³-hybridized carbons (Fsp3) is 0.700. The molecule has 2 aliphatic rings. The van der Waals surface area contributed by atoms with Gasteiger partial charge in [0, 0.05) is 12.6 Å². The maximum Gasteiger partial charge on any atom is 0.171 e. The molecule has 4 nitrogen and oxygen atoms in total. The van der Waals surface area contributed by atoms with Crippen molar-refractivity contribution in [1.29, 1.82) is 0 Å². The first-order valence-corrected chi connectivity index (χ1v) is 5.33. The summed E-state index contributed by atoms with van der Waals surface area (Å²) < 4.78 is 0. The number of nitrogens with one attached hydrogen (secondary N) is 1. The van der Waals surface area contributed by atoms with E-state index in [-0.39, 0.29) is 0 Å². The lowest BCUT2D eigenvalue weighted by Crippen LogP contribution is -2.32. The van der Waals surface area contributed by atoms with Crippen molar-refractivity contribution in [2.45, 2.75) is 32.2 Å². The first-order valence-electron chi connectivity index (χ1n) is 5.33. The van der Waals surface area contributed by atoms with Gasteiger partial charge in [0.15, 0.2) is 5.82 Å². The van der Waals surface area contributed by atoms with Gasteiger partial charge in [0.1, 0.15) is 11.6 Å². The number of aromatic amines is 1. The zero-order chi connectivity index (χ0) is 9.71. The first-order chi connectivity index (χ1) is 6.74. The summed E-state index contributed by atoms with van der Waals surface area (Å²) in [5, 5.41) is 0. The van der Waals surface area contributed by atoms with Crippen molar-refractivity contribution in [3.05, 3.63) is 5.82 Å². The highest BCUT2D eigenvalue weighted by molar-refractivity contribution is 5.60. The summed E-state index contributed by atoms with van der Waals surface area (Å²) in [6.07, 6.45) is 4.05. The minimum atomic E-state index is 0.699. The minimum absolute atomic E-state index is 0.699. The zero-order valence-corrected chi connectivity index (χ0v) is 8.45. The van der Waals surface area contributed by atoms with Crippen molar-refractivity contribution < 1.29 is 0 Å². The number of imidazole rings is 1. The van der Waals surface area contributed by atoms with Gasteiger partial charge in [0.25, 0.3) is 0 Å². The summed E-state index contributed by atoms with van der Waals surface area (Å²) in [6, 6.07) is 0.699. The number of aromatic nitrogens is 2. The quantitative estimate of drug-likeness (QED) is 0.705. The van der Waals surface area contributed by atoms with Gasteiger partial charge in [-0.15, -0.1) is 0 Å². The lowest BCUT2D eigenvalue weighted by molar-refractivity contribution is 0.551. The van der Waals surface area contributed by atoms with Crippen molar-refractivity contribution in [3.8, 4) is 0 Å². The third kappa shape index (κ3) is 1.03. The van der Waals surface area contributed by atoms with E-state index in [2.05, 4.69) is 14.9 Å². The number of nitrogen functional groups attached to an aromatic ring is 1. The van der Waals surface area contributed by atoms with Gasteiger partial charge in [-0.1, -0.05) is 0 Å². The number of H-pyrrole nitrogens is 1. The molecule has 0 aromatic carbocycles. The number of nitrogens with two attached hydrogens (primary N) is 1. The van der Waals surface area contributed by atoms with Crippen molar-refractivity contribution in [1.82, 2.24) is 9.97 Å². The van der Waals surface area contributed by atoms with Crippen LogP contribution in [0, 0.1) is 12.8 Å². The molecule has 1 aromatic heterocycles.